The van der Waals surface area contributed by atoms with Crippen LogP contribution in [0.5, 0.6) is 0 Å². The van der Waals surface area contributed by atoms with Crippen LogP contribution in [0.4, 0.5) is 0 Å². The normalized spacial score (nSPS) is 20.0. The highest BCUT2D eigenvalue weighted by atomic mass is 35.5. The summed E-state index contributed by atoms with van der Waals surface area (Å²) in [6.07, 6.45) is 2.56. The molecule has 1 saturated heterocycles. The predicted octanol–water partition coefficient (Wildman–Crippen LogP) is 1.51. The molecule has 1 aliphatic rings. The van der Waals surface area contributed by atoms with Gasteiger partial charge in [0, 0.05) is 25.3 Å². The fourth-order valence-corrected chi connectivity index (χ4v) is 2.14. The number of aromatic nitrogens is 1. The van der Waals surface area contributed by atoms with Crippen molar-refractivity contribution in [2.24, 2.45) is 0 Å². The van der Waals surface area contributed by atoms with Crippen molar-refractivity contribution in [1.29, 1.82) is 0 Å². The lowest BCUT2D eigenvalue weighted by molar-refractivity contribution is 0.0782. The summed E-state index contributed by atoms with van der Waals surface area (Å²) in [4.78, 5) is 20.1. The highest BCUT2D eigenvalue weighted by molar-refractivity contribution is 6.29. The molecule has 0 radical (unpaired) electrons. The maximum atomic E-state index is 12.2. The number of hydrogen-bond acceptors (Lipinski definition) is 3. The molecule has 92 valence electrons. The van der Waals surface area contributed by atoms with E-state index >= 15 is 0 Å². The van der Waals surface area contributed by atoms with Gasteiger partial charge in [-0.1, -0.05) is 11.6 Å². The van der Waals surface area contributed by atoms with Gasteiger partial charge >= 0.3 is 0 Å². The summed E-state index contributed by atoms with van der Waals surface area (Å²) in [5.41, 5.74) is 0.605. The Morgan fingerprint density at radius 2 is 2.29 bits per heavy atom. The smallest absolute Gasteiger partial charge is 0.255 e. The first-order valence-electron chi connectivity index (χ1n) is 5.65. The van der Waals surface area contributed by atoms with Crippen LogP contribution < -0.4 is 0 Å². The molecule has 4 nitrogen and oxygen atoms in total. The van der Waals surface area contributed by atoms with E-state index in [1.165, 1.54) is 6.20 Å². The van der Waals surface area contributed by atoms with Crippen LogP contribution in [0, 0.1) is 0 Å². The summed E-state index contributed by atoms with van der Waals surface area (Å²) in [6, 6.07) is 3.83. The van der Waals surface area contributed by atoms with Crippen LogP contribution in [-0.4, -0.2) is 53.9 Å². The second kappa shape index (κ2) is 5.02. The zero-order valence-electron chi connectivity index (χ0n) is 10.1. The molecule has 2 heterocycles. The molecular formula is C12H16ClN3O. The highest BCUT2D eigenvalue weighted by Crippen LogP contribution is 2.16. The Bertz CT molecular complexity index is 405. The largest absolute Gasteiger partial charge is 0.337 e. The van der Waals surface area contributed by atoms with Crippen LogP contribution >= 0.6 is 11.6 Å². The molecule has 5 heteroatoms. The van der Waals surface area contributed by atoms with E-state index in [2.05, 4.69) is 9.88 Å². The zero-order valence-corrected chi connectivity index (χ0v) is 10.8. The fourth-order valence-electron chi connectivity index (χ4n) is 2.03. The minimum atomic E-state index is 0.0403. The SMILES string of the molecule is CN(C)[C@H]1CCN(C(=O)c2ccc(Cl)nc2)C1. The number of nitrogens with zero attached hydrogens (tertiary/aromatic N) is 3. The number of halogens is 1. The molecule has 0 aromatic carbocycles. The summed E-state index contributed by atoms with van der Waals surface area (Å²) in [6.45, 7) is 1.60. The molecule has 1 amide bonds. The second-order valence-electron chi connectivity index (χ2n) is 4.53. The third kappa shape index (κ3) is 2.76. The van der Waals surface area contributed by atoms with Crippen LogP contribution in [0.2, 0.25) is 5.15 Å². The Labute approximate surface area is 106 Å². The van der Waals surface area contributed by atoms with E-state index < -0.39 is 0 Å². The van der Waals surface area contributed by atoms with E-state index in [4.69, 9.17) is 11.6 Å². The molecular weight excluding hydrogens is 238 g/mol. The Kier molecular flexibility index (Phi) is 3.64. The van der Waals surface area contributed by atoms with Gasteiger partial charge in [-0.05, 0) is 32.6 Å². The van der Waals surface area contributed by atoms with Crippen molar-refractivity contribution in [2.45, 2.75) is 12.5 Å². The Balaban J connectivity index is 2.04. The first-order chi connectivity index (χ1) is 8.08. The van der Waals surface area contributed by atoms with E-state index in [0.717, 1.165) is 19.5 Å². The Morgan fingerprint density at radius 1 is 1.53 bits per heavy atom. The molecule has 2 rings (SSSR count). The van der Waals surface area contributed by atoms with Gasteiger partial charge in [0.2, 0.25) is 0 Å². The number of amides is 1. The standard InChI is InChI=1S/C12H16ClN3O/c1-15(2)10-5-6-16(8-10)12(17)9-3-4-11(13)14-7-9/h3-4,7,10H,5-6,8H2,1-2H3/t10-/m0/s1. The van der Waals surface area contributed by atoms with Gasteiger partial charge in [-0.25, -0.2) is 4.98 Å². The topological polar surface area (TPSA) is 36.4 Å². The van der Waals surface area contributed by atoms with Gasteiger partial charge in [-0.15, -0.1) is 0 Å². The van der Waals surface area contributed by atoms with Crippen molar-refractivity contribution in [1.82, 2.24) is 14.8 Å². The molecule has 0 N–H and O–H groups in total. The van der Waals surface area contributed by atoms with Gasteiger partial charge in [-0.2, -0.15) is 0 Å². The van der Waals surface area contributed by atoms with Crippen LogP contribution in [0.3, 0.4) is 0 Å². The molecule has 1 fully saturated rings. The van der Waals surface area contributed by atoms with Crippen LogP contribution in [0.1, 0.15) is 16.8 Å². The summed E-state index contributed by atoms with van der Waals surface area (Å²) in [7, 11) is 4.09. The minimum absolute atomic E-state index is 0.0403. The number of carbonyl (C=O) groups is 1. The molecule has 1 atom stereocenters. The molecule has 1 aromatic rings. The number of likely N-dealkylation sites (N-methyl/N-ethyl adjacent to an activating group) is 1. The predicted molar refractivity (Wildman–Crippen MR) is 67.2 cm³/mol. The lowest BCUT2D eigenvalue weighted by atomic mass is 10.2. The Hall–Kier alpha value is -1.13. The average Bonchev–Trinajstić information content (AvgIpc) is 2.78. The molecule has 17 heavy (non-hydrogen) atoms. The maximum absolute atomic E-state index is 12.2. The van der Waals surface area contributed by atoms with Gasteiger partial charge < -0.3 is 9.80 Å². The van der Waals surface area contributed by atoms with E-state index in [9.17, 15) is 4.79 Å². The number of hydrogen-bond donors (Lipinski definition) is 0. The maximum Gasteiger partial charge on any atom is 0.255 e. The molecule has 1 aliphatic heterocycles. The van der Waals surface area contributed by atoms with Gasteiger partial charge in [-0.3, -0.25) is 4.79 Å². The van der Waals surface area contributed by atoms with Crippen LogP contribution in [-0.2, 0) is 0 Å². The first-order valence-corrected chi connectivity index (χ1v) is 6.03. The lowest BCUT2D eigenvalue weighted by Crippen LogP contribution is -2.34. The van der Waals surface area contributed by atoms with Gasteiger partial charge in [0.15, 0.2) is 0 Å². The minimum Gasteiger partial charge on any atom is -0.337 e. The van der Waals surface area contributed by atoms with Crippen LogP contribution in [0.25, 0.3) is 0 Å². The van der Waals surface area contributed by atoms with Crippen molar-refractivity contribution in [2.75, 3.05) is 27.2 Å². The molecule has 0 bridgehead atoms. The van der Waals surface area contributed by atoms with E-state index in [0.29, 0.717) is 16.8 Å². The van der Waals surface area contributed by atoms with Gasteiger partial charge in [0.05, 0.1) is 5.56 Å². The van der Waals surface area contributed by atoms with Gasteiger partial charge in [0.1, 0.15) is 5.15 Å². The van der Waals surface area contributed by atoms with Crippen molar-refractivity contribution in [3.63, 3.8) is 0 Å². The lowest BCUT2D eigenvalue weighted by Gasteiger charge is -2.20. The second-order valence-corrected chi connectivity index (χ2v) is 4.91. The fraction of sp³-hybridized carbons (Fsp3) is 0.500. The quantitative estimate of drug-likeness (QED) is 0.750. The van der Waals surface area contributed by atoms with Gasteiger partial charge in [0.25, 0.3) is 5.91 Å². The molecule has 0 saturated carbocycles. The van der Waals surface area contributed by atoms with Crippen molar-refractivity contribution in [3.05, 3.63) is 29.0 Å². The number of rotatable bonds is 2. The monoisotopic (exact) mass is 253 g/mol. The van der Waals surface area contributed by atoms with Crippen molar-refractivity contribution in [3.8, 4) is 0 Å². The van der Waals surface area contributed by atoms with E-state index in [1.807, 2.05) is 19.0 Å². The molecule has 0 aliphatic carbocycles. The summed E-state index contributed by atoms with van der Waals surface area (Å²) < 4.78 is 0. The summed E-state index contributed by atoms with van der Waals surface area (Å²) in [5, 5.41) is 0.411. The van der Waals surface area contributed by atoms with E-state index in [1.54, 1.807) is 12.1 Å². The number of likely N-dealkylation sites (tertiary alicyclic amines) is 1. The molecule has 0 spiro atoms. The third-order valence-electron chi connectivity index (χ3n) is 3.16. The number of pyridine rings is 1. The van der Waals surface area contributed by atoms with E-state index in [-0.39, 0.29) is 5.91 Å². The molecule has 0 unspecified atom stereocenters. The summed E-state index contributed by atoms with van der Waals surface area (Å²) >= 11 is 5.70. The van der Waals surface area contributed by atoms with Crippen molar-refractivity contribution < 1.29 is 4.79 Å². The van der Waals surface area contributed by atoms with Crippen LogP contribution in [0.15, 0.2) is 18.3 Å². The molecule has 1 aromatic heterocycles. The first kappa shape index (κ1) is 12.3. The average molecular weight is 254 g/mol. The third-order valence-corrected chi connectivity index (χ3v) is 3.38. The number of carbonyl (C=O) groups excluding carboxylic acids is 1. The summed E-state index contributed by atoms with van der Waals surface area (Å²) in [5.74, 6) is 0.0403. The highest BCUT2D eigenvalue weighted by Gasteiger charge is 2.27. The van der Waals surface area contributed by atoms with Crippen molar-refractivity contribution >= 4 is 17.5 Å². The zero-order chi connectivity index (χ0) is 12.4. The Morgan fingerprint density at radius 3 is 2.82 bits per heavy atom.